The van der Waals surface area contributed by atoms with Gasteiger partial charge in [0.2, 0.25) is 0 Å². The second-order valence-electron chi connectivity index (χ2n) is 5.61. The lowest BCUT2D eigenvalue weighted by molar-refractivity contribution is -0.160. The van der Waals surface area contributed by atoms with Gasteiger partial charge in [-0.15, -0.1) is 0 Å². The van der Waals surface area contributed by atoms with Crippen molar-refractivity contribution < 1.29 is 9.47 Å². The molecule has 100 valence electrons. The predicted octanol–water partition coefficient (Wildman–Crippen LogP) is 2.48. The molecule has 0 amide bonds. The number of nitrogens with two attached hydrogens (primary N) is 1. The summed E-state index contributed by atoms with van der Waals surface area (Å²) in [4.78, 5) is 0. The van der Waals surface area contributed by atoms with Gasteiger partial charge in [0.25, 0.3) is 0 Å². The number of hydrogen-bond donors (Lipinski definition) is 1. The van der Waals surface area contributed by atoms with Crippen molar-refractivity contribution in [2.75, 3.05) is 19.8 Å². The van der Waals surface area contributed by atoms with Crippen LogP contribution in [0.25, 0.3) is 0 Å². The Kier molecular flexibility index (Phi) is 4.83. The van der Waals surface area contributed by atoms with Crippen molar-refractivity contribution in [2.45, 2.75) is 63.6 Å². The lowest BCUT2D eigenvalue weighted by Gasteiger charge is -2.42. The molecule has 0 aromatic heterocycles. The first-order chi connectivity index (χ1) is 8.29. The molecule has 3 heteroatoms. The number of hydrogen-bond acceptors (Lipinski definition) is 3. The Labute approximate surface area is 105 Å². The lowest BCUT2D eigenvalue weighted by Crippen LogP contribution is -2.49. The monoisotopic (exact) mass is 241 g/mol. The van der Waals surface area contributed by atoms with Crippen LogP contribution >= 0.6 is 0 Å². The molecule has 2 fully saturated rings. The molecule has 2 rings (SSSR count). The minimum Gasteiger partial charge on any atom is -0.381 e. The molecule has 2 aliphatic rings. The van der Waals surface area contributed by atoms with Gasteiger partial charge < -0.3 is 15.2 Å². The molecule has 1 aliphatic carbocycles. The minimum atomic E-state index is -0.0896. The van der Waals surface area contributed by atoms with Gasteiger partial charge in [-0.2, -0.15) is 0 Å². The molecule has 1 aliphatic heterocycles. The maximum Gasteiger partial charge on any atom is 0.0851 e. The van der Waals surface area contributed by atoms with Crippen molar-refractivity contribution in [1.29, 1.82) is 0 Å². The summed E-state index contributed by atoms with van der Waals surface area (Å²) in [5, 5.41) is 0. The number of ether oxygens (including phenoxy) is 2. The molecule has 2 atom stereocenters. The summed E-state index contributed by atoms with van der Waals surface area (Å²) in [6.07, 6.45) is 8.86. The summed E-state index contributed by atoms with van der Waals surface area (Å²) < 4.78 is 11.9. The Bertz CT molecular complexity index is 226. The Morgan fingerprint density at radius 2 is 1.94 bits per heavy atom. The maximum absolute atomic E-state index is 6.47. The molecule has 1 saturated heterocycles. The fourth-order valence-corrected chi connectivity index (χ4v) is 3.23. The highest BCUT2D eigenvalue weighted by Crippen LogP contribution is 2.35. The van der Waals surface area contributed by atoms with Gasteiger partial charge in [-0.3, -0.25) is 0 Å². The van der Waals surface area contributed by atoms with Gasteiger partial charge >= 0.3 is 0 Å². The van der Waals surface area contributed by atoms with Crippen molar-refractivity contribution in [3.8, 4) is 0 Å². The fourth-order valence-electron chi connectivity index (χ4n) is 3.23. The van der Waals surface area contributed by atoms with Crippen LogP contribution in [0, 0.1) is 5.92 Å². The average Bonchev–Trinajstić information content (AvgIpc) is 2.40. The van der Waals surface area contributed by atoms with Gasteiger partial charge in [0.15, 0.2) is 0 Å². The van der Waals surface area contributed by atoms with Crippen LogP contribution in [-0.4, -0.2) is 31.5 Å². The van der Waals surface area contributed by atoms with Crippen LogP contribution in [0.15, 0.2) is 0 Å². The molecule has 17 heavy (non-hydrogen) atoms. The topological polar surface area (TPSA) is 44.5 Å². The van der Waals surface area contributed by atoms with Crippen LogP contribution in [0.2, 0.25) is 0 Å². The Balaban J connectivity index is 1.96. The van der Waals surface area contributed by atoms with E-state index in [2.05, 4.69) is 6.92 Å². The van der Waals surface area contributed by atoms with E-state index >= 15 is 0 Å². The minimum absolute atomic E-state index is 0.0896. The standard InChI is InChI=1S/C14H27NO2/c1-2-12-5-3-4-6-13(12)17-14(11-15)7-9-16-10-8-14/h12-13H,2-11,15H2,1H3. The molecule has 0 aromatic rings. The van der Waals surface area contributed by atoms with Gasteiger partial charge in [0.1, 0.15) is 0 Å². The van der Waals surface area contributed by atoms with Crippen LogP contribution in [0.4, 0.5) is 0 Å². The second kappa shape index (κ2) is 6.17. The van der Waals surface area contributed by atoms with Gasteiger partial charge in [-0.1, -0.05) is 26.2 Å². The summed E-state index contributed by atoms with van der Waals surface area (Å²) in [6, 6.07) is 0. The van der Waals surface area contributed by atoms with E-state index in [0.29, 0.717) is 12.6 Å². The fraction of sp³-hybridized carbons (Fsp3) is 1.00. The van der Waals surface area contributed by atoms with E-state index in [-0.39, 0.29) is 5.60 Å². The van der Waals surface area contributed by atoms with Gasteiger partial charge in [-0.05, 0) is 18.8 Å². The molecule has 0 spiro atoms. The molecule has 1 saturated carbocycles. The highest BCUT2D eigenvalue weighted by Gasteiger charge is 2.37. The van der Waals surface area contributed by atoms with Crippen LogP contribution in [0.5, 0.6) is 0 Å². The van der Waals surface area contributed by atoms with Gasteiger partial charge in [0, 0.05) is 32.6 Å². The highest BCUT2D eigenvalue weighted by atomic mass is 16.5. The zero-order chi connectivity index (χ0) is 12.1. The van der Waals surface area contributed by atoms with Crippen molar-refractivity contribution in [3.63, 3.8) is 0 Å². The third kappa shape index (κ3) is 3.21. The van der Waals surface area contributed by atoms with E-state index in [1.165, 1.54) is 32.1 Å². The van der Waals surface area contributed by atoms with E-state index < -0.39 is 0 Å². The zero-order valence-corrected chi connectivity index (χ0v) is 11.1. The molecule has 0 bridgehead atoms. The Morgan fingerprint density at radius 3 is 2.59 bits per heavy atom. The third-order valence-corrected chi connectivity index (χ3v) is 4.54. The van der Waals surface area contributed by atoms with Crippen LogP contribution in [-0.2, 0) is 9.47 Å². The maximum atomic E-state index is 6.47. The van der Waals surface area contributed by atoms with Crippen molar-refractivity contribution >= 4 is 0 Å². The molecule has 3 nitrogen and oxygen atoms in total. The van der Waals surface area contributed by atoms with Crippen LogP contribution in [0.1, 0.15) is 51.9 Å². The zero-order valence-electron chi connectivity index (χ0n) is 11.1. The first kappa shape index (κ1) is 13.3. The summed E-state index contributed by atoms with van der Waals surface area (Å²) in [6.45, 7) is 4.54. The molecule has 0 aromatic carbocycles. The molecule has 2 unspecified atom stereocenters. The summed E-state index contributed by atoms with van der Waals surface area (Å²) in [7, 11) is 0. The summed E-state index contributed by atoms with van der Waals surface area (Å²) >= 11 is 0. The predicted molar refractivity (Wildman–Crippen MR) is 69.0 cm³/mol. The van der Waals surface area contributed by atoms with Crippen molar-refractivity contribution in [3.05, 3.63) is 0 Å². The van der Waals surface area contributed by atoms with E-state index in [4.69, 9.17) is 15.2 Å². The molecule has 1 heterocycles. The van der Waals surface area contributed by atoms with E-state index in [9.17, 15) is 0 Å². The van der Waals surface area contributed by atoms with Gasteiger partial charge in [0.05, 0.1) is 11.7 Å². The van der Waals surface area contributed by atoms with Gasteiger partial charge in [-0.25, -0.2) is 0 Å². The van der Waals surface area contributed by atoms with Crippen LogP contribution in [0.3, 0.4) is 0 Å². The number of rotatable bonds is 4. The molecular formula is C14H27NO2. The molecule has 0 radical (unpaired) electrons. The van der Waals surface area contributed by atoms with Crippen molar-refractivity contribution in [1.82, 2.24) is 0 Å². The summed E-state index contributed by atoms with van der Waals surface area (Å²) in [5.74, 6) is 0.745. The van der Waals surface area contributed by atoms with E-state index in [1.54, 1.807) is 0 Å². The average molecular weight is 241 g/mol. The smallest absolute Gasteiger partial charge is 0.0851 e. The normalized spacial score (nSPS) is 33.5. The molecular weight excluding hydrogens is 214 g/mol. The second-order valence-corrected chi connectivity index (χ2v) is 5.61. The lowest BCUT2D eigenvalue weighted by atomic mass is 9.83. The Hall–Kier alpha value is -0.120. The largest absolute Gasteiger partial charge is 0.381 e. The third-order valence-electron chi connectivity index (χ3n) is 4.54. The van der Waals surface area contributed by atoms with E-state index in [0.717, 1.165) is 32.0 Å². The first-order valence-corrected chi connectivity index (χ1v) is 7.25. The Morgan fingerprint density at radius 1 is 1.24 bits per heavy atom. The van der Waals surface area contributed by atoms with Crippen LogP contribution < -0.4 is 5.73 Å². The summed E-state index contributed by atoms with van der Waals surface area (Å²) in [5.41, 5.74) is 5.87. The molecule has 2 N–H and O–H groups in total. The van der Waals surface area contributed by atoms with E-state index in [1.807, 2.05) is 0 Å². The quantitative estimate of drug-likeness (QED) is 0.822. The first-order valence-electron chi connectivity index (χ1n) is 7.25. The SMILES string of the molecule is CCC1CCCCC1OC1(CN)CCOCC1. The van der Waals surface area contributed by atoms with Crippen molar-refractivity contribution in [2.24, 2.45) is 11.7 Å². The highest BCUT2D eigenvalue weighted by molar-refractivity contribution is 4.88.